The summed E-state index contributed by atoms with van der Waals surface area (Å²) in [6.45, 7) is 0.551. The fourth-order valence-corrected chi connectivity index (χ4v) is 2.26. The number of carboxylic acids is 1. The number of anilines is 1. The number of nitrogens with one attached hydrogen (secondary N) is 2. The summed E-state index contributed by atoms with van der Waals surface area (Å²) in [4.78, 5) is 22.7. The Hall–Kier alpha value is -2.50. The number of carboxylic acid groups (broad SMARTS) is 1. The second kappa shape index (κ2) is 6.78. The van der Waals surface area contributed by atoms with Crippen LogP contribution >= 0.6 is 0 Å². The molecule has 6 nitrogen and oxygen atoms in total. The molecule has 112 valence electrons. The van der Waals surface area contributed by atoms with Gasteiger partial charge in [-0.25, -0.2) is 9.59 Å². The summed E-state index contributed by atoms with van der Waals surface area (Å²) in [7, 11) is 0. The van der Waals surface area contributed by atoms with Crippen LogP contribution in [0.4, 0.5) is 10.5 Å². The van der Waals surface area contributed by atoms with E-state index in [1.165, 1.54) is 18.2 Å². The number of aromatic carboxylic acids is 1. The number of urea groups is 1. The van der Waals surface area contributed by atoms with Crippen molar-refractivity contribution < 1.29 is 19.8 Å². The van der Waals surface area contributed by atoms with Gasteiger partial charge in [-0.2, -0.15) is 0 Å². The van der Waals surface area contributed by atoms with Crippen molar-refractivity contribution in [3.63, 3.8) is 0 Å². The number of benzene rings is 1. The Morgan fingerprint density at radius 3 is 2.76 bits per heavy atom. The molecule has 0 saturated heterocycles. The van der Waals surface area contributed by atoms with Crippen molar-refractivity contribution in [1.82, 2.24) is 5.32 Å². The average molecular weight is 290 g/mol. The van der Waals surface area contributed by atoms with Crippen molar-refractivity contribution in [3.8, 4) is 5.75 Å². The Kier molecular flexibility index (Phi) is 4.81. The maximum absolute atomic E-state index is 11.8. The second-order valence-electron chi connectivity index (χ2n) is 4.99. The molecule has 2 rings (SSSR count). The van der Waals surface area contributed by atoms with Gasteiger partial charge in [-0.3, -0.25) is 0 Å². The van der Waals surface area contributed by atoms with Crippen LogP contribution in [-0.4, -0.2) is 28.8 Å². The van der Waals surface area contributed by atoms with Crippen molar-refractivity contribution >= 4 is 17.7 Å². The van der Waals surface area contributed by atoms with Gasteiger partial charge >= 0.3 is 12.0 Å². The molecule has 1 atom stereocenters. The molecule has 1 aromatic carbocycles. The first-order valence-electron chi connectivity index (χ1n) is 6.83. The van der Waals surface area contributed by atoms with E-state index in [1.807, 2.05) is 0 Å². The summed E-state index contributed by atoms with van der Waals surface area (Å²) in [5, 5.41) is 23.9. The number of carbonyl (C=O) groups is 2. The number of amides is 2. The molecule has 1 aliphatic carbocycles. The van der Waals surface area contributed by atoms with Crippen molar-refractivity contribution in [2.24, 2.45) is 5.92 Å². The first kappa shape index (κ1) is 14.9. The first-order chi connectivity index (χ1) is 10.1. The zero-order valence-corrected chi connectivity index (χ0v) is 11.5. The highest BCUT2D eigenvalue weighted by Crippen LogP contribution is 2.27. The lowest BCUT2D eigenvalue weighted by molar-refractivity contribution is 0.0693. The summed E-state index contributed by atoms with van der Waals surface area (Å²) in [5.41, 5.74) is -0.166. The van der Waals surface area contributed by atoms with E-state index in [4.69, 9.17) is 5.11 Å². The zero-order valence-electron chi connectivity index (χ0n) is 11.5. The third-order valence-electron chi connectivity index (χ3n) is 3.44. The van der Waals surface area contributed by atoms with Crippen LogP contribution in [0, 0.1) is 5.92 Å². The van der Waals surface area contributed by atoms with Crippen LogP contribution in [0.15, 0.2) is 30.4 Å². The Bertz CT molecular complexity index is 569. The SMILES string of the molecule is O=C(NCC1CC=CCC1)Nc1cccc(C(=O)O)c1O. The first-order valence-corrected chi connectivity index (χ1v) is 6.83. The van der Waals surface area contributed by atoms with E-state index in [0.717, 1.165) is 19.3 Å². The summed E-state index contributed by atoms with van der Waals surface area (Å²) in [5.74, 6) is -1.27. The van der Waals surface area contributed by atoms with Crippen LogP contribution in [0.1, 0.15) is 29.6 Å². The molecule has 21 heavy (non-hydrogen) atoms. The van der Waals surface area contributed by atoms with E-state index in [0.29, 0.717) is 12.5 Å². The number of allylic oxidation sites excluding steroid dienone is 2. The molecule has 0 bridgehead atoms. The number of aromatic hydroxyl groups is 1. The van der Waals surface area contributed by atoms with Crippen LogP contribution in [0.2, 0.25) is 0 Å². The van der Waals surface area contributed by atoms with Gasteiger partial charge in [-0.05, 0) is 37.3 Å². The van der Waals surface area contributed by atoms with Gasteiger partial charge in [0.2, 0.25) is 0 Å². The van der Waals surface area contributed by atoms with Gasteiger partial charge in [0.05, 0.1) is 5.69 Å². The highest BCUT2D eigenvalue weighted by Gasteiger charge is 2.15. The fourth-order valence-electron chi connectivity index (χ4n) is 2.26. The molecule has 0 aliphatic heterocycles. The van der Waals surface area contributed by atoms with E-state index in [2.05, 4.69) is 22.8 Å². The van der Waals surface area contributed by atoms with Crippen molar-refractivity contribution in [2.45, 2.75) is 19.3 Å². The van der Waals surface area contributed by atoms with Crippen LogP contribution in [0.5, 0.6) is 5.75 Å². The molecule has 0 radical (unpaired) electrons. The Balaban J connectivity index is 1.92. The lowest BCUT2D eigenvalue weighted by atomic mass is 9.94. The van der Waals surface area contributed by atoms with E-state index in [9.17, 15) is 14.7 Å². The topological polar surface area (TPSA) is 98.7 Å². The van der Waals surface area contributed by atoms with Gasteiger partial charge in [0.25, 0.3) is 0 Å². The zero-order chi connectivity index (χ0) is 15.2. The number of phenols is 1. The predicted molar refractivity (Wildman–Crippen MR) is 78.6 cm³/mol. The second-order valence-corrected chi connectivity index (χ2v) is 4.99. The minimum Gasteiger partial charge on any atom is -0.505 e. The minimum atomic E-state index is -1.24. The predicted octanol–water partition coefficient (Wildman–Crippen LogP) is 2.57. The molecular formula is C15H18N2O4. The van der Waals surface area contributed by atoms with Crippen LogP contribution < -0.4 is 10.6 Å². The summed E-state index contributed by atoms with van der Waals surface area (Å²) >= 11 is 0. The molecule has 1 aromatic rings. The van der Waals surface area contributed by atoms with E-state index >= 15 is 0 Å². The molecule has 0 aromatic heterocycles. The lowest BCUT2D eigenvalue weighted by Gasteiger charge is -2.18. The normalized spacial score (nSPS) is 17.2. The lowest BCUT2D eigenvalue weighted by Crippen LogP contribution is -2.33. The van der Waals surface area contributed by atoms with Crippen LogP contribution in [0.3, 0.4) is 0 Å². The smallest absolute Gasteiger partial charge is 0.339 e. The van der Waals surface area contributed by atoms with E-state index in [-0.39, 0.29) is 11.3 Å². The van der Waals surface area contributed by atoms with Crippen molar-refractivity contribution in [1.29, 1.82) is 0 Å². The molecule has 4 N–H and O–H groups in total. The van der Waals surface area contributed by atoms with Gasteiger partial charge in [0.1, 0.15) is 5.56 Å². The third-order valence-corrected chi connectivity index (χ3v) is 3.44. The number of hydrogen-bond acceptors (Lipinski definition) is 3. The minimum absolute atomic E-state index is 0.0796. The Labute approximate surface area is 122 Å². The molecule has 0 saturated carbocycles. The number of rotatable bonds is 4. The van der Waals surface area contributed by atoms with Gasteiger partial charge in [0.15, 0.2) is 5.75 Å². The fraction of sp³-hybridized carbons (Fsp3) is 0.333. The Morgan fingerprint density at radius 1 is 1.29 bits per heavy atom. The Morgan fingerprint density at radius 2 is 2.10 bits per heavy atom. The molecule has 1 unspecified atom stereocenters. The summed E-state index contributed by atoms with van der Waals surface area (Å²) in [6, 6.07) is 3.73. The van der Waals surface area contributed by atoms with Crippen LogP contribution in [0.25, 0.3) is 0 Å². The standard InChI is InChI=1S/C15H18N2O4/c18-13-11(14(19)20)7-4-8-12(13)17-15(21)16-9-10-5-2-1-3-6-10/h1-2,4,7-8,10,18H,3,5-6,9H2,(H,19,20)(H2,16,17,21). The molecule has 0 heterocycles. The largest absolute Gasteiger partial charge is 0.505 e. The van der Waals surface area contributed by atoms with Crippen LogP contribution in [-0.2, 0) is 0 Å². The van der Waals surface area contributed by atoms with Gasteiger partial charge in [-0.15, -0.1) is 0 Å². The van der Waals surface area contributed by atoms with Crippen molar-refractivity contribution in [3.05, 3.63) is 35.9 Å². The molecule has 0 spiro atoms. The molecule has 1 aliphatic rings. The quantitative estimate of drug-likeness (QED) is 0.506. The van der Waals surface area contributed by atoms with E-state index < -0.39 is 17.7 Å². The maximum atomic E-state index is 11.8. The molecular weight excluding hydrogens is 272 g/mol. The third kappa shape index (κ3) is 3.98. The monoisotopic (exact) mass is 290 g/mol. The van der Waals surface area contributed by atoms with Crippen molar-refractivity contribution in [2.75, 3.05) is 11.9 Å². The van der Waals surface area contributed by atoms with Gasteiger partial charge < -0.3 is 20.8 Å². The summed E-state index contributed by atoms with van der Waals surface area (Å²) < 4.78 is 0. The molecule has 6 heteroatoms. The molecule has 0 fully saturated rings. The highest BCUT2D eigenvalue weighted by atomic mass is 16.4. The molecule has 2 amide bonds. The number of para-hydroxylation sites is 1. The maximum Gasteiger partial charge on any atom is 0.339 e. The number of carbonyl (C=O) groups excluding carboxylic acids is 1. The number of hydrogen-bond donors (Lipinski definition) is 4. The average Bonchev–Trinajstić information content (AvgIpc) is 2.48. The summed E-state index contributed by atoms with van der Waals surface area (Å²) in [6.07, 6.45) is 7.24. The van der Waals surface area contributed by atoms with Gasteiger partial charge in [-0.1, -0.05) is 18.2 Å². The van der Waals surface area contributed by atoms with Gasteiger partial charge in [0, 0.05) is 6.54 Å². The highest BCUT2D eigenvalue weighted by molar-refractivity contribution is 5.97. The van der Waals surface area contributed by atoms with E-state index in [1.54, 1.807) is 0 Å².